The fourth-order valence-corrected chi connectivity index (χ4v) is 3.20. The molecule has 11 heteroatoms. The first kappa shape index (κ1) is 26.2. The summed E-state index contributed by atoms with van der Waals surface area (Å²) in [5.41, 5.74) is 1.09. The van der Waals surface area contributed by atoms with E-state index < -0.39 is 30.0 Å². The average Bonchev–Trinajstić information content (AvgIpc) is 3.21. The molecule has 3 rings (SSSR count). The van der Waals surface area contributed by atoms with Gasteiger partial charge in [0.05, 0.1) is 12.1 Å². The van der Waals surface area contributed by atoms with E-state index in [1.807, 2.05) is 30.3 Å². The minimum atomic E-state index is -1.16. The Morgan fingerprint density at radius 2 is 1.50 bits per heavy atom. The molecular formula is C25H27N3O8. The van der Waals surface area contributed by atoms with Gasteiger partial charge in [0, 0.05) is 19.4 Å². The maximum Gasteiger partial charge on any atom is 0.468 e. The summed E-state index contributed by atoms with van der Waals surface area (Å²) < 4.78 is 5.13. The predicted molar refractivity (Wildman–Crippen MR) is 125 cm³/mol. The van der Waals surface area contributed by atoms with E-state index in [0.717, 1.165) is 5.56 Å². The van der Waals surface area contributed by atoms with Crippen LogP contribution < -0.4 is 5.32 Å². The fraction of sp³-hybridized carbons (Fsp3) is 0.320. The Kier molecular flexibility index (Phi) is 9.80. The molecule has 1 fully saturated rings. The Hall–Kier alpha value is -4.41. The molecule has 36 heavy (non-hydrogen) atoms. The van der Waals surface area contributed by atoms with Gasteiger partial charge < -0.3 is 19.7 Å². The van der Waals surface area contributed by atoms with Gasteiger partial charge in [0.2, 0.25) is 0 Å². The van der Waals surface area contributed by atoms with Crippen molar-refractivity contribution in [1.29, 1.82) is 0 Å². The van der Waals surface area contributed by atoms with Gasteiger partial charge in [-0.15, -0.1) is 10.1 Å². The monoisotopic (exact) mass is 497 g/mol. The van der Waals surface area contributed by atoms with E-state index in [4.69, 9.17) is 14.4 Å². The third kappa shape index (κ3) is 8.12. The Morgan fingerprint density at radius 3 is 2.17 bits per heavy atom. The first-order chi connectivity index (χ1) is 17.4. The number of hydrogen-bond acceptors (Lipinski definition) is 8. The van der Waals surface area contributed by atoms with Gasteiger partial charge in [-0.1, -0.05) is 48.5 Å². The molecule has 11 nitrogen and oxygen atoms in total. The molecule has 0 spiro atoms. The molecule has 1 aliphatic rings. The summed E-state index contributed by atoms with van der Waals surface area (Å²) in [7, 11) is 0. The van der Waals surface area contributed by atoms with Gasteiger partial charge >= 0.3 is 18.2 Å². The molecule has 0 aromatic heterocycles. The molecular weight excluding hydrogens is 470 g/mol. The largest absolute Gasteiger partial charge is 0.468 e. The smallest absolute Gasteiger partial charge is 0.445 e. The second-order valence-corrected chi connectivity index (χ2v) is 7.84. The van der Waals surface area contributed by atoms with Crippen molar-refractivity contribution in [2.24, 2.45) is 0 Å². The van der Waals surface area contributed by atoms with Gasteiger partial charge in [0.1, 0.15) is 6.61 Å². The van der Waals surface area contributed by atoms with E-state index >= 15 is 0 Å². The van der Waals surface area contributed by atoms with Crippen molar-refractivity contribution in [2.45, 2.75) is 38.7 Å². The second kappa shape index (κ2) is 13.5. The maximum atomic E-state index is 12.6. The Balaban J connectivity index is 1.43. The molecule has 1 aliphatic heterocycles. The van der Waals surface area contributed by atoms with Crippen LogP contribution in [0.1, 0.15) is 48.0 Å². The van der Waals surface area contributed by atoms with Gasteiger partial charge in [0.15, 0.2) is 0 Å². The number of nitrogens with zero attached hydrogens (tertiary/aromatic N) is 2. The van der Waals surface area contributed by atoms with Gasteiger partial charge in [-0.05, 0) is 37.0 Å². The number of carbonyl (C=O) groups is 5. The predicted octanol–water partition coefficient (Wildman–Crippen LogP) is 3.36. The van der Waals surface area contributed by atoms with Crippen LogP contribution in [0.3, 0.4) is 0 Å². The van der Waals surface area contributed by atoms with Crippen LogP contribution in [-0.4, -0.2) is 53.2 Å². The Labute approximate surface area is 207 Å². The number of hydrogen-bond donors (Lipinski definition) is 1. The number of alkyl carbamates (subject to hydrolysis) is 1. The lowest BCUT2D eigenvalue weighted by Crippen LogP contribution is -2.41. The third-order valence-electron chi connectivity index (χ3n) is 5.10. The Bertz CT molecular complexity index is 1050. The quantitative estimate of drug-likeness (QED) is 0.300. The lowest BCUT2D eigenvalue weighted by atomic mass is 10.2. The summed E-state index contributed by atoms with van der Waals surface area (Å²) in [5, 5.41) is 3.70. The summed E-state index contributed by atoms with van der Waals surface area (Å²) in [5.74, 6) is -2.09. The van der Waals surface area contributed by atoms with Crippen molar-refractivity contribution in [3.05, 3.63) is 71.8 Å². The average molecular weight is 498 g/mol. The highest BCUT2D eigenvalue weighted by atomic mass is 16.8. The van der Waals surface area contributed by atoms with E-state index in [-0.39, 0.29) is 31.6 Å². The van der Waals surface area contributed by atoms with Gasteiger partial charge in [-0.25, -0.2) is 14.4 Å². The minimum absolute atomic E-state index is 0.0495. The number of unbranched alkanes of at least 4 members (excludes halogenated alkanes) is 2. The highest BCUT2D eigenvalue weighted by Crippen LogP contribution is 2.15. The molecule has 0 atom stereocenters. The standard InChI is InChI=1S/C25H27N3O8/c29-21-14-15-22(30)28(21)36-25(33)27(35-23(31)20-12-6-2-7-13-20)17-9-3-8-16-26-24(32)34-18-19-10-4-1-5-11-19/h1-2,4-7,10-13H,3,8-9,14-18H2,(H,26,32). The molecule has 1 heterocycles. The first-order valence-electron chi connectivity index (χ1n) is 11.5. The molecule has 0 saturated carbocycles. The van der Waals surface area contributed by atoms with Crippen LogP contribution in [0.5, 0.6) is 0 Å². The molecule has 0 radical (unpaired) electrons. The van der Waals surface area contributed by atoms with Crippen molar-refractivity contribution >= 4 is 30.0 Å². The number of amides is 4. The van der Waals surface area contributed by atoms with Crippen LogP contribution in [0.25, 0.3) is 0 Å². The van der Waals surface area contributed by atoms with Gasteiger partial charge in [-0.3, -0.25) is 9.59 Å². The number of ether oxygens (including phenoxy) is 1. The number of carbonyl (C=O) groups excluding carboxylic acids is 5. The number of nitrogens with one attached hydrogen (secondary N) is 1. The van der Waals surface area contributed by atoms with Crippen molar-refractivity contribution < 1.29 is 38.4 Å². The number of rotatable bonds is 10. The fourth-order valence-electron chi connectivity index (χ4n) is 3.20. The van der Waals surface area contributed by atoms with Gasteiger partial charge in [-0.2, -0.15) is 0 Å². The number of hydroxylamine groups is 4. The minimum Gasteiger partial charge on any atom is -0.445 e. The molecule has 1 N–H and O–H groups in total. The number of benzene rings is 2. The maximum absolute atomic E-state index is 12.6. The summed E-state index contributed by atoms with van der Waals surface area (Å²) in [4.78, 5) is 70.4. The van der Waals surface area contributed by atoms with Crippen molar-refractivity contribution in [3.63, 3.8) is 0 Å². The molecule has 1 saturated heterocycles. The highest BCUT2D eigenvalue weighted by molar-refractivity contribution is 6.01. The van der Waals surface area contributed by atoms with Crippen molar-refractivity contribution in [2.75, 3.05) is 13.1 Å². The van der Waals surface area contributed by atoms with Crippen LogP contribution in [0.15, 0.2) is 60.7 Å². The lowest BCUT2D eigenvalue weighted by molar-refractivity contribution is -0.183. The van der Waals surface area contributed by atoms with E-state index in [1.54, 1.807) is 18.2 Å². The third-order valence-corrected chi connectivity index (χ3v) is 5.10. The number of imide groups is 1. The summed E-state index contributed by atoms with van der Waals surface area (Å²) in [6.45, 7) is 0.462. The van der Waals surface area contributed by atoms with E-state index in [9.17, 15) is 24.0 Å². The molecule has 0 bridgehead atoms. The van der Waals surface area contributed by atoms with Crippen LogP contribution in [0.4, 0.5) is 9.59 Å². The van der Waals surface area contributed by atoms with Crippen LogP contribution in [0, 0.1) is 0 Å². The zero-order valence-corrected chi connectivity index (χ0v) is 19.6. The normalized spacial score (nSPS) is 12.7. The summed E-state index contributed by atoms with van der Waals surface area (Å²) >= 11 is 0. The topological polar surface area (TPSA) is 132 Å². The molecule has 0 unspecified atom stereocenters. The Morgan fingerprint density at radius 1 is 0.861 bits per heavy atom. The van der Waals surface area contributed by atoms with Crippen LogP contribution in [0.2, 0.25) is 0 Å². The zero-order chi connectivity index (χ0) is 25.8. The SMILES string of the molecule is O=C(NCCCCCN(OC(=O)c1ccccc1)C(=O)ON1C(=O)CCC1=O)OCc1ccccc1. The summed E-state index contributed by atoms with van der Waals surface area (Å²) in [6, 6.07) is 17.3. The molecule has 2 aromatic rings. The van der Waals surface area contributed by atoms with E-state index in [0.29, 0.717) is 35.9 Å². The van der Waals surface area contributed by atoms with E-state index in [2.05, 4.69) is 5.32 Å². The van der Waals surface area contributed by atoms with Crippen LogP contribution in [-0.2, 0) is 30.6 Å². The lowest BCUT2D eigenvalue weighted by Gasteiger charge is -2.22. The second-order valence-electron chi connectivity index (χ2n) is 7.84. The molecule has 0 aliphatic carbocycles. The molecule has 2 aromatic carbocycles. The molecule has 4 amide bonds. The van der Waals surface area contributed by atoms with E-state index in [1.165, 1.54) is 12.1 Å². The molecule has 190 valence electrons. The summed E-state index contributed by atoms with van der Waals surface area (Å²) in [6.07, 6.45) is -0.300. The van der Waals surface area contributed by atoms with Crippen molar-refractivity contribution in [3.8, 4) is 0 Å². The zero-order valence-electron chi connectivity index (χ0n) is 19.6. The van der Waals surface area contributed by atoms with Crippen molar-refractivity contribution in [1.82, 2.24) is 15.4 Å². The first-order valence-corrected chi connectivity index (χ1v) is 11.5. The van der Waals surface area contributed by atoms with Gasteiger partial charge in [0.25, 0.3) is 11.8 Å². The van der Waals surface area contributed by atoms with Crippen LogP contribution >= 0.6 is 0 Å². The highest BCUT2D eigenvalue weighted by Gasteiger charge is 2.35.